The highest BCUT2D eigenvalue weighted by molar-refractivity contribution is 5.98. The first kappa shape index (κ1) is 22.6. The number of nitrogens with zero attached hydrogens (tertiary/aromatic N) is 4. The summed E-state index contributed by atoms with van der Waals surface area (Å²) >= 11 is 0. The Bertz CT molecular complexity index is 855. The van der Waals surface area contributed by atoms with Gasteiger partial charge in [0.15, 0.2) is 0 Å². The molecule has 1 N–H and O–H groups in total. The van der Waals surface area contributed by atoms with Crippen LogP contribution in [0.3, 0.4) is 0 Å². The van der Waals surface area contributed by atoms with E-state index in [-0.39, 0.29) is 5.91 Å². The van der Waals surface area contributed by atoms with Crippen molar-refractivity contribution in [1.29, 1.82) is 0 Å². The highest BCUT2D eigenvalue weighted by atomic mass is 16.2. The van der Waals surface area contributed by atoms with Crippen molar-refractivity contribution >= 4 is 17.6 Å². The molecule has 0 radical (unpaired) electrons. The van der Waals surface area contributed by atoms with Crippen LogP contribution >= 0.6 is 0 Å². The van der Waals surface area contributed by atoms with E-state index in [2.05, 4.69) is 32.0 Å². The molecule has 0 spiro atoms. The predicted octanol–water partition coefficient (Wildman–Crippen LogP) is 2.91. The molecule has 3 saturated heterocycles. The molecule has 1 aromatic rings. The fourth-order valence-electron chi connectivity index (χ4n) is 6.75. The highest BCUT2D eigenvalue weighted by Gasteiger charge is 2.44. The molecule has 1 aliphatic carbocycles. The Kier molecular flexibility index (Phi) is 6.86. The van der Waals surface area contributed by atoms with Gasteiger partial charge >= 0.3 is 0 Å². The Morgan fingerprint density at radius 2 is 2.00 bits per heavy atom. The largest absolute Gasteiger partial charge is 0.355 e. The number of likely N-dealkylation sites (N-methyl/N-ethyl adjacent to an activating group) is 1. The van der Waals surface area contributed by atoms with Crippen LogP contribution in [0.2, 0.25) is 0 Å². The summed E-state index contributed by atoms with van der Waals surface area (Å²) in [5.41, 5.74) is 0.675. The standard InChI is InChI=1S/C26H39N5O2/c1-29(21-7-3-2-4-8-21)14-13-28-26(33)22-9-6-12-27-25(22)30-16-19-15-20(18-30)23-10-5-11-24(32)31(23)17-19/h6,9,12,19-21,23H,2-5,7-8,10-11,13-18H2,1H3,(H,28,33)/t19?,20?,23-/m1/s1. The number of amides is 2. The lowest BCUT2D eigenvalue weighted by molar-refractivity contribution is -0.142. The van der Waals surface area contributed by atoms with Crippen molar-refractivity contribution in [3.05, 3.63) is 23.9 Å². The second-order valence-corrected chi connectivity index (χ2v) is 10.7. The van der Waals surface area contributed by atoms with Gasteiger partial charge in [0.1, 0.15) is 5.82 Å². The number of nitrogens with one attached hydrogen (secondary N) is 1. The molecule has 5 rings (SSSR count). The molecule has 4 heterocycles. The first-order valence-corrected chi connectivity index (χ1v) is 13.1. The Hall–Kier alpha value is -2.15. The van der Waals surface area contributed by atoms with Gasteiger partial charge in [0, 0.05) is 57.4 Å². The van der Waals surface area contributed by atoms with E-state index in [9.17, 15) is 9.59 Å². The monoisotopic (exact) mass is 453 g/mol. The summed E-state index contributed by atoms with van der Waals surface area (Å²) in [6.07, 6.45) is 12.4. The molecular weight excluding hydrogens is 414 g/mol. The molecule has 2 bridgehead atoms. The van der Waals surface area contributed by atoms with Gasteiger partial charge in [-0.3, -0.25) is 9.59 Å². The zero-order chi connectivity index (χ0) is 22.8. The first-order chi connectivity index (χ1) is 16.1. The normalized spacial score (nSPS) is 28.1. The maximum absolute atomic E-state index is 13.1. The summed E-state index contributed by atoms with van der Waals surface area (Å²) in [5.74, 6) is 2.06. The van der Waals surface area contributed by atoms with Crippen LogP contribution in [0.15, 0.2) is 18.3 Å². The van der Waals surface area contributed by atoms with Crippen molar-refractivity contribution in [2.45, 2.75) is 69.9 Å². The topological polar surface area (TPSA) is 68.8 Å². The average molecular weight is 454 g/mol. The summed E-state index contributed by atoms with van der Waals surface area (Å²) in [6.45, 7) is 4.15. The Labute approximate surface area is 197 Å². The molecular formula is C26H39N5O2. The second-order valence-electron chi connectivity index (χ2n) is 10.7. The molecule has 4 fully saturated rings. The van der Waals surface area contributed by atoms with Crippen LogP contribution in [-0.2, 0) is 4.79 Å². The van der Waals surface area contributed by atoms with Crippen molar-refractivity contribution in [2.24, 2.45) is 11.8 Å². The van der Waals surface area contributed by atoms with Gasteiger partial charge in [-0.25, -0.2) is 4.98 Å². The molecule has 2 unspecified atom stereocenters. The minimum atomic E-state index is -0.0275. The van der Waals surface area contributed by atoms with Crippen LogP contribution in [0.25, 0.3) is 0 Å². The van der Waals surface area contributed by atoms with Crippen LogP contribution in [-0.4, -0.2) is 78.5 Å². The van der Waals surface area contributed by atoms with Gasteiger partial charge < -0.3 is 20.0 Å². The van der Waals surface area contributed by atoms with Gasteiger partial charge in [-0.1, -0.05) is 19.3 Å². The first-order valence-electron chi connectivity index (χ1n) is 13.1. The molecule has 7 heteroatoms. The molecule has 180 valence electrons. The predicted molar refractivity (Wildman–Crippen MR) is 129 cm³/mol. The number of carbonyl (C=O) groups excluding carboxylic acids is 2. The van der Waals surface area contributed by atoms with E-state index in [0.29, 0.717) is 48.4 Å². The maximum Gasteiger partial charge on any atom is 0.255 e. The van der Waals surface area contributed by atoms with E-state index in [1.54, 1.807) is 6.20 Å². The van der Waals surface area contributed by atoms with Crippen molar-refractivity contribution < 1.29 is 9.59 Å². The number of piperidine rings is 3. The van der Waals surface area contributed by atoms with Crippen molar-refractivity contribution in [3.8, 4) is 0 Å². The Balaban J connectivity index is 1.22. The second kappa shape index (κ2) is 10.00. The molecule has 2 amide bonds. The van der Waals surface area contributed by atoms with E-state index >= 15 is 0 Å². The molecule has 1 aromatic heterocycles. The van der Waals surface area contributed by atoms with Gasteiger partial charge in [0.05, 0.1) is 5.56 Å². The SMILES string of the molecule is CN(CCNC(=O)c1cccnc1N1CC2CC(C1)[C@H]1CCCC(=O)N1C2)C1CCCCC1. The van der Waals surface area contributed by atoms with Gasteiger partial charge in [-0.2, -0.15) is 0 Å². The summed E-state index contributed by atoms with van der Waals surface area (Å²) in [6, 6.07) is 4.78. The van der Waals surface area contributed by atoms with E-state index in [1.807, 2.05) is 12.1 Å². The molecule has 0 aromatic carbocycles. The van der Waals surface area contributed by atoms with Crippen molar-refractivity contribution in [2.75, 3.05) is 44.7 Å². The maximum atomic E-state index is 13.1. The Morgan fingerprint density at radius 1 is 1.15 bits per heavy atom. The van der Waals surface area contributed by atoms with Gasteiger partial charge in [0.25, 0.3) is 5.91 Å². The van der Waals surface area contributed by atoms with Gasteiger partial charge in [-0.15, -0.1) is 0 Å². The lowest BCUT2D eigenvalue weighted by Crippen LogP contribution is -2.60. The minimum Gasteiger partial charge on any atom is -0.355 e. The number of hydrogen-bond acceptors (Lipinski definition) is 5. The number of aromatic nitrogens is 1. The van der Waals surface area contributed by atoms with Crippen LogP contribution in [0.5, 0.6) is 0 Å². The van der Waals surface area contributed by atoms with Crippen LogP contribution in [0.4, 0.5) is 5.82 Å². The number of rotatable bonds is 6. The zero-order valence-corrected chi connectivity index (χ0v) is 20.0. The summed E-state index contributed by atoms with van der Waals surface area (Å²) in [5, 5.41) is 3.15. The number of fused-ring (bicyclic) bond motifs is 4. The zero-order valence-electron chi connectivity index (χ0n) is 20.0. The summed E-state index contributed by atoms with van der Waals surface area (Å²) in [4.78, 5) is 37.1. The molecule has 4 aliphatic rings. The molecule has 3 aliphatic heterocycles. The van der Waals surface area contributed by atoms with Crippen LogP contribution in [0, 0.1) is 11.8 Å². The lowest BCUT2D eigenvalue weighted by Gasteiger charge is -2.52. The van der Waals surface area contributed by atoms with E-state index in [1.165, 1.54) is 38.5 Å². The van der Waals surface area contributed by atoms with Crippen molar-refractivity contribution in [1.82, 2.24) is 20.1 Å². The van der Waals surface area contributed by atoms with Crippen molar-refractivity contribution in [3.63, 3.8) is 0 Å². The number of anilines is 1. The molecule has 7 nitrogen and oxygen atoms in total. The van der Waals surface area contributed by atoms with E-state index in [0.717, 1.165) is 44.8 Å². The quantitative estimate of drug-likeness (QED) is 0.717. The number of pyridine rings is 1. The highest BCUT2D eigenvalue weighted by Crippen LogP contribution is 2.39. The number of hydrogen-bond donors (Lipinski definition) is 1. The van der Waals surface area contributed by atoms with Gasteiger partial charge in [0.2, 0.25) is 5.91 Å². The lowest BCUT2D eigenvalue weighted by atomic mass is 9.76. The van der Waals surface area contributed by atoms with E-state index < -0.39 is 0 Å². The molecule has 1 saturated carbocycles. The molecule has 33 heavy (non-hydrogen) atoms. The van der Waals surface area contributed by atoms with E-state index in [4.69, 9.17) is 0 Å². The van der Waals surface area contributed by atoms with Crippen LogP contribution < -0.4 is 10.2 Å². The summed E-state index contributed by atoms with van der Waals surface area (Å²) in [7, 11) is 2.18. The fourth-order valence-corrected chi connectivity index (χ4v) is 6.75. The van der Waals surface area contributed by atoms with Crippen LogP contribution in [0.1, 0.15) is 68.1 Å². The van der Waals surface area contributed by atoms with Gasteiger partial charge in [-0.05, 0) is 63.1 Å². The third-order valence-electron chi connectivity index (χ3n) is 8.46. The third kappa shape index (κ3) is 4.88. The third-order valence-corrected chi connectivity index (χ3v) is 8.46. The fraction of sp³-hybridized carbons (Fsp3) is 0.731. The summed E-state index contributed by atoms with van der Waals surface area (Å²) < 4.78 is 0. The Morgan fingerprint density at radius 3 is 2.85 bits per heavy atom. The smallest absolute Gasteiger partial charge is 0.255 e. The minimum absolute atomic E-state index is 0.0275. The average Bonchev–Trinajstić information content (AvgIpc) is 2.85. The number of carbonyl (C=O) groups is 2. The molecule has 3 atom stereocenters.